The molecule has 0 fully saturated rings. The van der Waals surface area contributed by atoms with Crippen molar-refractivity contribution in [3.8, 4) is 5.75 Å². The summed E-state index contributed by atoms with van der Waals surface area (Å²) in [6.07, 6.45) is 1.68. The summed E-state index contributed by atoms with van der Waals surface area (Å²) in [5, 5.41) is 4.19. The molecular formula is C23H29O4PS2. The largest absolute Gasteiger partial charge is 0.440 e. The first-order valence-electron chi connectivity index (χ1n) is 10.4. The van der Waals surface area contributed by atoms with Gasteiger partial charge in [-0.1, -0.05) is 45.0 Å². The minimum absolute atomic E-state index is 0.139. The third-order valence-electron chi connectivity index (χ3n) is 4.78. The van der Waals surface area contributed by atoms with Crippen molar-refractivity contribution >= 4 is 50.5 Å². The zero-order chi connectivity index (χ0) is 21.7. The Hall–Kier alpha value is -1.33. The molecule has 0 heterocycles. The van der Waals surface area contributed by atoms with Crippen LogP contribution in [-0.4, -0.2) is 21.8 Å². The molecule has 0 aliphatic rings. The van der Waals surface area contributed by atoms with E-state index in [1.807, 2.05) is 39.0 Å². The lowest BCUT2D eigenvalue weighted by Crippen LogP contribution is -2.02. The molecule has 0 amide bonds. The molecule has 0 aliphatic heterocycles. The van der Waals surface area contributed by atoms with Gasteiger partial charge in [-0.3, -0.25) is 8.73 Å². The molecule has 162 valence electrons. The van der Waals surface area contributed by atoms with Crippen LogP contribution in [0.2, 0.25) is 0 Å². The van der Waals surface area contributed by atoms with Crippen LogP contribution in [0, 0.1) is 0 Å². The van der Waals surface area contributed by atoms with Crippen LogP contribution in [0.1, 0.15) is 40.5 Å². The normalized spacial score (nSPS) is 15.7. The summed E-state index contributed by atoms with van der Waals surface area (Å²) in [7, 11) is -1.17. The highest BCUT2D eigenvalue weighted by Crippen LogP contribution is 2.62. The number of rotatable bonds is 10. The van der Waals surface area contributed by atoms with Gasteiger partial charge in [-0.25, -0.2) is 4.57 Å². The van der Waals surface area contributed by atoms with E-state index >= 15 is 0 Å². The molecule has 0 spiro atoms. The maximum atomic E-state index is 13.3. The average molecular weight is 465 g/mol. The van der Waals surface area contributed by atoms with Crippen molar-refractivity contribution in [1.82, 2.24) is 0 Å². The summed E-state index contributed by atoms with van der Waals surface area (Å²) < 4.78 is 37.9. The van der Waals surface area contributed by atoms with Gasteiger partial charge in [0.15, 0.2) is 0 Å². The fourth-order valence-electron chi connectivity index (χ4n) is 3.19. The van der Waals surface area contributed by atoms with E-state index in [0.29, 0.717) is 23.0 Å². The molecule has 30 heavy (non-hydrogen) atoms. The minimum Gasteiger partial charge on any atom is -0.417 e. The van der Waals surface area contributed by atoms with Crippen LogP contribution in [0.5, 0.6) is 5.75 Å². The van der Waals surface area contributed by atoms with Crippen molar-refractivity contribution in [1.29, 1.82) is 0 Å². The number of benzene rings is 3. The van der Waals surface area contributed by atoms with Gasteiger partial charge in [-0.2, -0.15) is 0 Å². The molecule has 4 nitrogen and oxygen atoms in total. The molecule has 0 aliphatic carbocycles. The quantitative estimate of drug-likeness (QED) is 0.229. The first-order chi connectivity index (χ1) is 14.4. The van der Waals surface area contributed by atoms with Crippen molar-refractivity contribution in [2.24, 2.45) is 0 Å². The van der Waals surface area contributed by atoms with Gasteiger partial charge < -0.3 is 4.52 Å². The first kappa shape index (κ1) is 23.3. The number of fused-ring (bicyclic) bond motifs is 2. The Kier molecular flexibility index (Phi) is 8.03. The van der Waals surface area contributed by atoms with E-state index in [4.69, 9.17) is 9.05 Å². The van der Waals surface area contributed by atoms with E-state index in [1.54, 1.807) is 13.0 Å². The van der Waals surface area contributed by atoms with Gasteiger partial charge in [0.2, 0.25) is 0 Å². The van der Waals surface area contributed by atoms with E-state index in [0.717, 1.165) is 34.4 Å². The lowest BCUT2D eigenvalue weighted by Gasteiger charge is -2.21. The van der Waals surface area contributed by atoms with E-state index in [9.17, 15) is 8.77 Å². The maximum absolute atomic E-state index is 13.3. The Morgan fingerprint density at radius 3 is 2.37 bits per heavy atom. The van der Waals surface area contributed by atoms with Crippen LogP contribution in [0.25, 0.3) is 21.5 Å². The lowest BCUT2D eigenvalue weighted by atomic mass is 10.0. The molecule has 0 N–H and O–H groups in total. The topological polar surface area (TPSA) is 52.6 Å². The highest BCUT2D eigenvalue weighted by molar-refractivity contribution is 8.55. The summed E-state index contributed by atoms with van der Waals surface area (Å²) in [6, 6.07) is 15.9. The molecule has 3 unspecified atom stereocenters. The monoisotopic (exact) mass is 464 g/mol. The minimum atomic E-state index is -3.39. The number of hydrogen-bond donors (Lipinski definition) is 0. The van der Waals surface area contributed by atoms with Crippen LogP contribution in [0.4, 0.5) is 0 Å². The second-order valence-electron chi connectivity index (χ2n) is 7.17. The highest BCUT2D eigenvalue weighted by atomic mass is 32.7. The van der Waals surface area contributed by atoms with Gasteiger partial charge in [0.1, 0.15) is 5.75 Å². The van der Waals surface area contributed by atoms with Gasteiger partial charge in [-0.05, 0) is 77.0 Å². The van der Waals surface area contributed by atoms with E-state index in [1.165, 1.54) is 11.4 Å². The van der Waals surface area contributed by atoms with Crippen LogP contribution in [-0.2, 0) is 19.9 Å². The molecule has 0 bridgehead atoms. The fourth-order valence-corrected chi connectivity index (χ4v) is 8.53. The Bertz CT molecular complexity index is 1100. The zero-order valence-electron chi connectivity index (χ0n) is 17.9. The van der Waals surface area contributed by atoms with Crippen molar-refractivity contribution in [2.75, 3.05) is 12.4 Å². The highest BCUT2D eigenvalue weighted by Gasteiger charge is 2.30. The second kappa shape index (κ2) is 10.3. The molecule has 3 aromatic carbocycles. The Morgan fingerprint density at radius 1 is 1.03 bits per heavy atom. The third-order valence-corrected chi connectivity index (χ3v) is 10.7. The zero-order valence-corrected chi connectivity index (χ0v) is 20.4. The smallest absolute Gasteiger partial charge is 0.417 e. The van der Waals surface area contributed by atoms with Crippen molar-refractivity contribution in [3.63, 3.8) is 0 Å². The standard InChI is InChI=1S/C23H29O4PS2/c1-5-12-30(25)23-16-21(27-28(24,26-7-3)29-17(4)6-2)14-20-13-18-10-8-9-11-19(18)15-22(20)23/h8-11,13-17H,5-7,12H2,1-4H3. The van der Waals surface area contributed by atoms with E-state index < -0.39 is 17.6 Å². The predicted octanol–water partition coefficient (Wildman–Crippen LogP) is 7.57. The van der Waals surface area contributed by atoms with Crippen molar-refractivity contribution in [3.05, 3.63) is 48.5 Å². The van der Waals surface area contributed by atoms with E-state index in [2.05, 4.69) is 24.3 Å². The molecule has 0 radical (unpaired) electrons. The molecule has 0 saturated heterocycles. The second-order valence-corrected chi connectivity index (χ2v) is 13.0. The molecule has 7 heteroatoms. The van der Waals surface area contributed by atoms with Crippen LogP contribution in [0.15, 0.2) is 53.4 Å². The SMILES string of the molecule is CCCS(=O)c1cc(OP(=O)(OCC)SC(C)CC)cc2cc3ccccc3cc12. The van der Waals surface area contributed by atoms with Crippen molar-refractivity contribution in [2.45, 2.75) is 50.7 Å². The summed E-state index contributed by atoms with van der Waals surface area (Å²) in [5.74, 6) is 1.00. The molecule has 3 rings (SSSR count). The average Bonchev–Trinajstić information content (AvgIpc) is 2.71. The first-order valence-corrected chi connectivity index (χ1v) is 14.7. The lowest BCUT2D eigenvalue weighted by molar-refractivity contribution is 0.296. The van der Waals surface area contributed by atoms with Gasteiger partial charge in [0.25, 0.3) is 0 Å². The van der Waals surface area contributed by atoms with Crippen LogP contribution in [0.3, 0.4) is 0 Å². The fraction of sp³-hybridized carbons (Fsp3) is 0.391. The molecular weight excluding hydrogens is 435 g/mol. The van der Waals surface area contributed by atoms with Crippen LogP contribution < -0.4 is 4.52 Å². The summed E-state index contributed by atoms with van der Waals surface area (Å²) in [4.78, 5) is 0.715. The molecule has 0 saturated carbocycles. The van der Waals surface area contributed by atoms with Gasteiger partial charge in [0, 0.05) is 11.0 Å². The van der Waals surface area contributed by atoms with Crippen LogP contribution >= 0.6 is 18.2 Å². The Balaban J connectivity index is 2.13. The van der Waals surface area contributed by atoms with Crippen molar-refractivity contribution < 1.29 is 17.8 Å². The molecule has 3 atom stereocenters. The molecule has 0 aromatic heterocycles. The number of hydrogen-bond acceptors (Lipinski definition) is 5. The Labute approximate surface area is 185 Å². The maximum Gasteiger partial charge on any atom is 0.440 e. The summed E-state index contributed by atoms with van der Waals surface area (Å²) in [5.41, 5.74) is 0. The Morgan fingerprint density at radius 2 is 1.73 bits per heavy atom. The molecule has 3 aromatic rings. The summed E-state index contributed by atoms with van der Waals surface area (Å²) >= 11 is 1.23. The van der Waals surface area contributed by atoms with Gasteiger partial charge in [0.05, 0.1) is 22.3 Å². The van der Waals surface area contributed by atoms with E-state index in [-0.39, 0.29) is 5.25 Å². The summed E-state index contributed by atoms with van der Waals surface area (Å²) in [6.45, 7) is 4.78. The third kappa shape index (κ3) is 5.47. The van der Waals surface area contributed by atoms with Gasteiger partial charge in [-0.15, -0.1) is 0 Å². The predicted molar refractivity (Wildman–Crippen MR) is 130 cm³/mol. The van der Waals surface area contributed by atoms with Gasteiger partial charge >= 0.3 is 6.80 Å².